The summed E-state index contributed by atoms with van der Waals surface area (Å²) < 4.78 is 23.8. The number of amides is 2. The molecular weight excluding hydrogens is 564 g/mol. The lowest BCUT2D eigenvalue weighted by atomic mass is 9.93. The Balaban J connectivity index is 1.36. The number of carbonyl (C=O) groups excluding carboxylic acids is 3. The van der Waals surface area contributed by atoms with Gasteiger partial charge in [0.25, 0.3) is 0 Å². The van der Waals surface area contributed by atoms with E-state index in [-0.39, 0.29) is 30.3 Å². The molecule has 238 valence electrons. The Bertz CT molecular complexity index is 1420. The summed E-state index contributed by atoms with van der Waals surface area (Å²) in [7, 11) is 3.11. The van der Waals surface area contributed by atoms with E-state index < -0.39 is 30.4 Å². The molecule has 1 saturated heterocycles. The third-order valence-corrected chi connectivity index (χ3v) is 9.99. The molecule has 2 saturated carbocycles. The van der Waals surface area contributed by atoms with E-state index in [2.05, 4.69) is 5.32 Å². The van der Waals surface area contributed by atoms with Crippen molar-refractivity contribution in [3.63, 3.8) is 0 Å². The van der Waals surface area contributed by atoms with E-state index in [9.17, 15) is 14.4 Å². The first-order chi connectivity index (χ1) is 21.2. The first kappa shape index (κ1) is 30.6. The van der Waals surface area contributed by atoms with Gasteiger partial charge in [-0.1, -0.05) is 26.7 Å². The number of aromatic nitrogens is 2. The van der Waals surface area contributed by atoms with Gasteiger partial charge in [0, 0.05) is 13.2 Å². The molecule has 1 aromatic heterocycles. The Kier molecular flexibility index (Phi) is 8.68. The number of Topliss-reactive ketones (excluding diaryl/α,β-unsaturated/α-hetero) is 1. The molecule has 11 heteroatoms. The maximum Gasteiger partial charge on any atom is 0.408 e. The first-order valence-electron chi connectivity index (χ1n) is 16.0. The molecule has 1 N–H and O–H groups in total. The third-order valence-electron chi connectivity index (χ3n) is 9.99. The van der Waals surface area contributed by atoms with Gasteiger partial charge in [0.05, 0.1) is 24.7 Å². The molecule has 2 aliphatic heterocycles. The number of nitrogens with zero attached hydrogens (tertiary/aromatic N) is 3. The molecule has 2 aliphatic carbocycles. The van der Waals surface area contributed by atoms with Crippen LogP contribution in [0.1, 0.15) is 65.0 Å². The van der Waals surface area contributed by atoms with Crippen molar-refractivity contribution in [3.05, 3.63) is 23.9 Å². The van der Waals surface area contributed by atoms with Crippen LogP contribution < -0.4 is 14.8 Å². The third kappa shape index (κ3) is 5.95. The minimum absolute atomic E-state index is 0.0901. The van der Waals surface area contributed by atoms with Gasteiger partial charge in [-0.25, -0.2) is 14.8 Å². The lowest BCUT2D eigenvalue weighted by Gasteiger charge is -2.31. The molecule has 0 spiro atoms. The minimum atomic E-state index is -0.887. The van der Waals surface area contributed by atoms with Gasteiger partial charge in [-0.3, -0.25) is 9.59 Å². The number of benzene rings is 1. The molecule has 11 nitrogen and oxygen atoms in total. The SMILES string of the molecule is COc1ccc2nc3c(nc2c1)O[C@H]1CN(C(=O)[C@H](C(C)C)NC(=O)O[C@@H]2CC4CC4[C@H]2CCCCC3)[C@H](C(C)=O)[C@@H]1OC. The van der Waals surface area contributed by atoms with Crippen LogP contribution in [0.15, 0.2) is 18.2 Å². The predicted molar refractivity (Wildman–Crippen MR) is 161 cm³/mol. The normalized spacial score (nSPS) is 32.5. The van der Waals surface area contributed by atoms with Crippen molar-refractivity contribution in [2.45, 2.75) is 96.1 Å². The molecule has 44 heavy (non-hydrogen) atoms. The van der Waals surface area contributed by atoms with Gasteiger partial charge in [0.2, 0.25) is 11.8 Å². The number of carbonyl (C=O) groups is 3. The highest BCUT2D eigenvalue weighted by atomic mass is 16.6. The van der Waals surface area contributed by atoms with Gasteiger partial charge in [-0.2, -0.15) is 0 Å². The van der Waals surface area contributed by atoms with Crippen molar-refractivity contribution in [1.29, 1.82) is 0 Å². The highest BCUT2D eigenvalue weighted by molar-refractivity contribution is 5.92. The molecule has 0 radical (unpaired) electrons. The maximum absolute atomic E-state index is 14.1. The summed E-state index contributed by atoms with van der Waals surface area (Å²) in [4.78, 5) is 51.6. The Labute approximate surface area is 258 Å². The van der Waals surface area contributed by atoms with Crippen LogP contribution in [0.3, 0.4) is 0 Å². The summed E-state index contributed by atoms with van der Waals surface area (Å²) in [5.74, 6) is 1.78. The van der Waals surface area contributed by atoms with E-state index >= 15 is 0 Å². The number of alkyl carbamates (subject to hydrolysis) is 1. The summed E-state index contributed by atoms with van der Waals surface area (Å²) in [6.07, 6.45) is 4.57. The molecule has 4 aliphatic rings. The highest BCUT2D eigenvalue weighted by Crippen LogP contribution is 2.57. The van der Waals surface area contributed by atoms with Gasteiger partial charge in [-0.15, -0.1) is 0 Å². The van der Waals surface area contributed by atoms with Gasteiger partial charge < -0.3 is 29.2 Å². The van der Waals surface area contributed by atoms with Crippen molar-refractivity contribution in [2.24, 2.45) is 23.7 Å². The summed E-state index contributed by atoms with van der Waals surface area (Å²) >= 11 is 0. The van der Waals surface area contributed by atoms with Crippen molar-refractivity contribution in [1.82, 2.24) is 20.2 Å². The highest BCUT2D eigenvalue weighted by Gasteiger charge is 2.55. The molecule has 3 fully saturated rings. The molecule has 1 aromatic carbocycles. The molecular formula is C33H44N4O7. The Morgan fingerprint density at radius 2 is 1.84 bits per heavy atom. The fourth-order valence-electron chi connectivity index (χ4n) is 7.63. The van der Waals surface area contributed by atoms with E-state index in [1.54, 1.807) is 7.11 Å². The zero-order chi connectivity index (χ0) is 31.1. The average Bonchev–Trinajstić information content (AvgIpc) is 3.53. The van der Waals surface area contributed by atoms with E-state index in [1.165, 1.54) is 25.4 Å². The van der Waals surface area contributed by atoms with Crippen LogP contribution in [-0.4, -0.2) is 83.8 Å². The number of ketones is 1. The number of nitrogens with one attached hydrogen (secondary N) is 1. The number of hydrogen-bond donors (Lipinski definition) is 1. The van der Waals surface area contributed by atoms with E-state index in [0.717, 1.165) is 43.3 Å². The molecule has 2 amide bonds. The molecule has 8 atom stereocenters. The summed E-state index contributed by atoms with van der Waals surface area (Å²) in [5, 5.41) is 2.85. The quantitative estimate of drug-likeness (QED) is 0.546. The molecule has 2 unspecified atom stereocenters. The van der Waals surface area contributed by atoms with Gasteiger partial charge in [0.15, 0.2) is 5.78 Å². The van der Waals surface area contributed by atoms with Crippen LogP contribution in [0.5, 0.6) is 11.6 Å². The number of hydrogen-bond acceptors (Lipinski definition) is 9. The smallest absolute Gasteiger partial charge is 0.408 e. The summed E-state index contributed by atoms with van der Waals surface area (Å²) in [6.45, 7) is 5.27. The lowest BCUT2D eigenvalue weighted by Crippen LogP contribution is -2.55. The van der Waals surface area contributed by atoms with E-state index in [0.29, 0.717) is 41.3 Å². The summed E-state index contributed by atoms with van der Waals surface area (Å²) in [6, 6.07) is 3.80. The first-order valence-corrected chi connectivity index (χ1v) is 16.0. The van der Waals surface area contributed by atoms with Crippen LogP contribution in [0.25, 0.3) is 11.0 Å². The molecule has 3 heterocycles. The Morgan fingerprint density at radius 3 is 2.57 bits per heavy atom. The van der Waals surface area contributed by atoms with Gasteiger partial charge >= 0.3 is 6.09 Å². The Hall–Kier alpha value is -3.47. The monoisotopic (exact) mass is 608 g/mol. The van der Waals surface area contributed by atoms with Crippen molar-refractivity contribution in [2.75, 3.05) is 20.8 Å². The summed E-state index contributed by atoms with van der Waals surface area (Å²) in [5.41, 5.74) is 2.10. The van der Waals surface area contributed by atoms with Crippen molar-refractivity contribution in [3.8, 4) is 11.6 Å². The molecule has 2 aromatic rings. The maximum atomic E-state index is 14.1. The number of ether oxygens (including phenoxy) is 4. The molecule has 2 bridgehead atoms. The second-order valence-corrected chi connectivity index (χ2v) is 13.2. The van der Waals surface area contributed by atoms with Gasteiger partial charge in [0.1, 0.15) is 41.8 Å². The van der Waals surface area contributed by atoms with Crippen LogP contribution in [0.2, 0.25) is 0 Å². The number of fused-ring (bicyclic) bond motifs is 7. The number of rotatable bonds is 4. The lowest BCUT2D eigenvalue weighted by molar-refractivity contribution is -0.141. The van der Waals surface area contributed by atoms with Crippen LogP contribution >= 0.6 is 0 Å². The van der Waals surface area contributed by atoms with Crippen molar-refractivity contribution >= 4 is 28.8 Å². The average molecular weight is 609 g/mol. The standard InChI is InChI=1S/C33H44N4O7/c1-17(2)28-32(39)37-16-27(30(42-5)29(37)18(3)38)43-31-24(34-23-12-11-20(41-4)15-25(23)35-31)10-8-6-7-9-21-22-13-19(22)14-26(21)44-33(40)36-28/h11-12,15,17,19,21-22,26-30H,6-10,13-14,16H2,1-5H3,(H,36,40)/t19?,21-,22?,26-,27+,28+,29-,30-/m1/s1. The number of aryl methyl sites for hydroxylation is 1. The zero-order valence-electron chi connectivity index (χ0n) is 26.3. The zero-order valence-corrected chi connectivity index (χ0v) is 26.3. The number of methoxy groups -OCH3 is 2. The van der Waals surface area contributed by atoms with Crippen LogP contribution in [0, 0.1) is 23.7 Å². The second kappa shape index (κ2) is 12.5. The van der Waals surface area contributed by atoms with Crippen LogP contribution in [0.4, 0.5) is 4.79 Å². The van der Waals surface area contributed by atoms with Gasteiger partial charge in [-0.05, 0) is 74.8 Å². The Morgan fingerprint density at radius 1 is 1.02 bits per heavy atom. The van der Waals surface area contributed by atoms with Crippen LogP contribution in [-0.2, 0) is 25.5 Å². The van der Waals surface area contributed by atoms with E-state index in [4.69, 9.17) is 28.9 Å². The van der Waals surface area contributed by atoms with Crippen molar-refractivity contribution < 1.29 is 33.3 Å². The minimum Gasteiger partial charge on any atom is -0.497 e. The largest absolute Gasteiger partial charge is 0.497 e. The second-order valence-electron chi connectivity index (χ2n) is 13.2. The topological polar surface area (TPSA) is 129 Å². The fourth-order valence-corrected chi connectivity index (χ4v) is 7.63. The molecule has 6 rings (SSSR count). The fraction of sp³-hybridized carbons (Fsp3) is 0.667. The van der Waals surface area contributed by atoms with E-state index in [1.807, 2.05) is 32.0 Å². The predicted octanol–water partition coefficient (Wildman–Crippen LogP) is 4.09.